The second-order valence-corrected chi connectivity index (χ2v) is 6.40. The van der Waals surface area contributed by atoms with Crippen molar-refractivity contribution in [3.8, 4) is 0 Å². The van der Waals surface area contributed by atoms with Gasteiger partial charge in [-0.2, -0.15) is 0 Å². The van der Waals surface area contributed by atoms with Crippen LogP contribution in [0, 0.1) is 0 Å². The lowest BCUT2D eigenvalue weighted by molar-refractivity contribution is -0.119. The van der Waals surface area contributed by atoms with Crippen molar-refractivity contribution in [2.24, 2.45) is 0 Å². The number of β-amino-alcohol motifs (C(OH)–C–C–N with tert-alkyl or cyclic N) is 1. The summed E-state index contributed by atoms with van der Waals surface area (Å²) < 4.78 is 0. The van der Waals surface area contributed by atoms with E-state index >= 15 is 0 Å². The quantitative estimate of drug-likeness (QED) is 0.887. The molecular formula is C16H22N2O2. The van der Waals surface area contributed by atoms with Crippen LogP contribution in [0.3, 0.4) is 0 Å². The van der Waals surface area contributed by atoms with Gasteiger partial charge in [-0.1, -0.05) is 18.2 Å². The van der Waals surface area contributed by atoms with Crippen molar-refractivity contribution in [1.82, 2.24) is 4.90 Å². The molecule has 4 nitrogen and oxygen atoms in total. The fraction of sp³-hybridized carbons (Fsp3) is 0.562. The fourth-order valence-corrected chi connectivity index (χ4v) is 3.39. The Morgan fingerprint density at radius 2 is 2.20 bits per heavy atom. The monoisotopic (exact) mass is 274 g/mol. The van der Waals surface area contributed by atoms with E-state index in [1.807, 2.05) is 30.0 Å². The Morgan fingerprint density at radius 3 is 2.90 bits per heavy atom. The summed E-state index contributed by atoms with van der Waals surface area (Å²) in [6.45, 7) is 5.71. The standard InChI is InChI=1S/C16H22N2O2/c1-12-9-13-5-3-4-6-14(13)18(12)15(19)10-17-8-7-16(2,20)11-17/h3-6,12,20H,7-11H2,1-2H3. The number of benzene rings is 1. The van der Waals surface area contributed by atoms with E-state index in [0.717, 1.165) is 25.1 Å². The lowest BCUT2D eigenvalue weighted by atomic mass is 10.1. The molecule has 0 radical (unpaired) electrons. The van der Waals surface area contributed by atoms with Crippen molar-refractivity contribution in [3.05, 3.63) is 29.8 Å². The Bertz CT molecular complexity index is 527. The van der Waals surface area contributed by atoms with Gasteiger partial charge < -0.3 is 10.0 Å². The zero-order valence-corrected chi connectivity index (χ0v) is 12.2. The first-order chi connectivity index (χ1) is 9.46. The van der Waals surface area contributed by atoms with Gasteiger partial charge in [0.2, 0.25) is 5.91 Å². The minimum atomic E-state index is -0.644. The molecule has 1 N–H and O–H groups in total. The molecule has 2 atom stereocenters. The third kappa shape index (κ3) is 2.45. The summed E-state index contributed by atoms with van der Waals surface area (Å²) in [4.78, 5) is 16.6. The van der Waals surface area contributed by atoms with Crippen molar-refractivity contribution in [1.29, 1.82) is 0 Å². The van der Waals surface area contributed by atoms with Gasteiger partial charge in [-0.25, -0.2) is 0 Å². The Hall–Kier alpha value is -1.39. The van der Waals surface area contributed by atoms with E-state index in [1.54, 1.807) is 0 Å². The van der Waals surface area contributed by atoms with Gasteiger partial charge in [0.25, 0.3) is 0 Å². The topological polar surface area (TPSA) is 43.8 Å². The normalized spacial score (nSPS) is 29.8. The predicted molar refractivity (Wildman–Crippen MR) is 78.8 cm³/mol. The van der Waals surface area contributed by atoms with Crippen LogP contribution in [0.25, 0.3) is 0 Å². The van der Waals surface area contributed by atoms with E-state index in [4.69, 9.17) is 0 Å². The average molecular weight is 274 g/mol. The number of amides is 1. The largest absolute Gasteiger partial charge is 0.389 e. The van der Waals surface area contributed by atoms with E-state index in [-0.39, 0.29) is 11.9 Å². The smallest absolute Gasteiger partial charge is 0.241 e. The Labute approximate surface area is 120 Å². The lowest BCUT2D eigenvalue weighted by Crippen LogP contribution is -2.43. The second-order valence-electron chi connectivity index (χ2n) is 6.40. The molecule has 2 aliphatic rings. The van der Waals surface area contributed by atoms with Gasteiger partial charge in [0.1, 0.15) is 0 Å². The molecule has 2 unspecified atom stereocenters. The number of rotatable bonds is 2. The van der Waals surface area contributed by atoms with E-state index in [1.165, 1.54) is 5.56 Å². The molecule has 1 saturated heterocycles. The number of aliphatic hydroxyl groups is 1. The summed E-state index contributed by atoms with van der Waals surface area (Å²) in [6, 6.07) is 8.36. The summed E-state index contributed by atoms with van der Waals surface area (Å²) >= 11 is 0. The minimum absolute atomic E-state index is 0.139. The molecule has 108 valence electrons. The molecule has 0 aliphatic carbocycles. The maximum atomic E-state index is 12.6. The zero-order valence-electron chi connectivity index (χ0n) is 12.2. The van der Waals surface area contributed by atoms with E-state index in [9.17, 15) is 9.90 Å². The zero-order chi connectivity index (χ0) is 14.3. The molecule has 3 rings (SSSR count). The van der Waals surface area contributed by atoms with Gasteiger partial charge in [-0.05, 0) is 38.3 Å². The summed E-state index contributed by atoms with van der Waals surface area (Å²) in [5.74, 6) is 0.139. The number of hydrogen-bond donors (Lipinski definition) is 1. The highest BCUT2D eigenvalue weighted by molar-refractivity contribution is 5.97. The van der Waals surface area contributed by atoms with Crippen LogP contribution in [0.2, 0.25) is 0 Å². The average Bonchev–Trinajstić information content (AvgIpc) is 2.88. The second kappa shape index (κ2) is 4.86. The molecule has 0 spiro atoms. The maximum absolute atomic E-state index is 12.6. The van der Waals surface area contributed by atoms with Crippen molar-refractivity contribution >= 4 is 11.6 Å². The Balaban J connectivity index is 1.72. The highest BCUT2D eigenvalue weighted by Crippen LogP contribution is 2.32. The van der Waals surface area contributed by atoms with Crippen LogP contribution < -0.4 is 4.90 Å². The third-order valence-electron chi connectivity index (χ3n) is 4.37. The van der Waals surface area contributed by atoms with Gasteiger partial charge in [-0.15, -0.1) is 0 Å². The van der Waals surface area contributed by atoms with Crippen LogP contribution >= 0.6 is 0 Å². The SMILES string of the molecule is CC1Cc2ccccc2N1C(=O)CN1CCC(C)(O)C1. The number of para-hydroxylation sites is 1. The van der Waals surface area contributed by atoms with Gasteiger partial charge in [0.15, 0.2) is 0 Å². The molecule has 1 aromatic carbocycles. The molecule has 2 heterocycles. The van der Waals surface area contributed by atoms with E-state index in [0.29, 0.717) is 13.1 Å². The Kier molecular flexibility index (Phi) is 3.30. The first kappa shape index (κ1) is 13.6. The molecule has 0 saturated carbocycles. The van der Waals surface area contributed by atoms with Crippen LogP contribution in [0.15, 0.2) is 24.3 Å². The molecule has 1 amide bonds. The molecule has 0 bridgehead atoms. The third-order valence-corrected chi connectivity index (χ3v) is 4.37. The first-order valence-electron chi connectivity index (χ1n) is 7.31. The number of carbonyl (C=O) groups is 1. The van der Waals surface area contributed by atoms with Crippen LogP contribution in [0.4, 0.5) is 5.69 Å². The number of nitrogens with zero attached hydrogens (tertiary/aromatic N) is 2. The molecule has 20 heavy (non-hydrogen) atoms. The maximum Gasteiger partial charge on any atom is 0.241 e. The Morgan fingerprint density at radius 1 is 1.45 bits per heavy atom. The highest BCUT2D eigenvalue weighted by atomic mass is 16.3. The molecular weight excluding hydrogens is 252 g/mol. The molecule has 2 aliphatic heterocycles. The van der Waals surface area contributed by atoms with E-state index < -0.39 is 5.60 Å². The van der Waals surface area contributed by atoms with Crippen molar-refractivity contribution in [2.75, 3.05) is 24.5 Å². The number of carbonyl (C=O) groups excluding carboxylic acids is 1. The number of fused-ring (bicyclic) bond motifs is 1. The molecule has 1 fully saturated rings. The summed E-state index contributed by atoms with van der Waals surface area (Å²) in [5.41, 5.74) is 1.66. The van der Waals surface area contributed by atoms with Crippen molar-refractivity contribution < 1.29 is 9.90 Å². The number of likely N-dealkylation sites (tertiary alicyclic amines) is 1. The number of anilines is 1. The van der Waals surface area contributed by atoms with Crippen LogP contribution in [-0.4, -0.2) is 47.2 Å². The lowest BCUT2D eigenvalue weighted by Gasteiger charge is -2.26. The predicted octanol–water partition coefficient (Wildman–Crippen LogP) is 1.42. The van der Waals surface area contributed by atoms with Gasteiger partial charge >= 0.3 is 0 Å². The van der Waals surface area contributed by atoms with Crippen molar-refractivity contribution in [3.63, 3.8) is 0 Å². The van der Waals surface area contributed by atoms with Crippen molar-refractivity contribution in [2.45, 2.75) is 38.3 Å². The molecule has 4 heteroatoms. The van der Waals surface area contributed by atoms with Crippen LogP contribution in [0.1, 0.15) is 25.8 Å². The first-order valence-corrected chi connectivity index (χ1v) is 7.31. The van der Waals surface area contributed by atoms with Crippen LogP contribution in [-0.2, 0) is 11.2 Å². The minimum Gasteiger partial charge on any atom is -0.389 e. The van der Waals surface area contributed by atoms with E-state index in [2.05, 4.69) is 17.9 Å². The summed E-state index contributed by atoms with van der Waals surface area (Å²) in [5, 5.41) is 9.99. The van der Waals surface area contributed by atoms with Crippen LogP contribution in [0.5, 0.6) is 0 Å². The molecule has 1 aromatic rings. The highest BCUT2D eigenvalue weighted by Gasteiger charge is 2.35. The molecule has 0 aromatic heterocycles. The number of hydrogen-bond acceptors (Lipinski definition) is 3. The summed E-state index contributed by atoms with van der Waals surface area (Å²) in [6.07, 6.45) is 1.67. The van der Waals surface area contributed by atoms with Gasteiger partial charge in [0, 0.05) is 24.8 Å². The fourth-order valence-electron chi connectivity index (χ4n) is 3.39. The van der Waals surface area contributed by atoms with Gasteiger partial charge in [-0.3, -0.25) is 9.69 Å². The summed E-state index contributed by atoms with van der Waals surface area (Å²) in [7, 11) is 0. The van der Waals surface area contributed by atoms with Gasteiger partial charge in [0.05, 0.1) is 12.1 Å².